The summed E-state index contributed by atoms with van der Waals surface area (Å²) in [4.78, 5) is 4.53. The Morgan fingerprint density at radius 1 is 0.944 bits per heavy atom. The first-order valence-electron chi connectivity index (χ1n) is 12.8. The van der Waals surface area contributed by atoms with Crippen molar-refractivity contribution in [3.05, 3.63) is 108 Å². The van der Waals surface area contributed by atoms with Crippen LogP contribution in [0.15, 0.2) is 85.1 Å². The molecule has 1 aliphatic heterocycles. The predicted octanol–water partition coefficient (Wildman–Crippen LogP) is 6.30. The van der Waals surface area contributed by atoms with Gasteiger partial charge < -0.3 is 14.8 Å². The largest absolute Gasteiger partial charge is 0.494 e. The lowest BCUT2D eigenvalue weighted by atomic mass is 9.78. The summed E-state index contributed by atoms with van der Waals surface area (Å²) in [5.41, 5.74) is 4.37. The number of nitrogens with one attached hydrogen (secondary N) is 1. The van der Waals surface area contributed by atoms with Gasteiger partial charge in [-0.05, 0) is 79.2 Å². The molecule has 36 heavy (non-hydrogen) atoms. The summed E-state index contributed by atoms with van der Waals surface area (Å²) in [5.74, 6) is 1.71. The second kappa shape index (κ2) is 12.1. The second-order valence-electron chi connectivity index (χ2n) is 9.51. The Balaban J connectivity index is 1.11. The molecule has 0 amide bonds. The van der Waals surface area contributed by atoms with E-state index in [1.807, 2.05) is 18.3 Å². The van der Waals surface area contributed by atoms with Gasteiger partial charge >= 0.3 is 0 Å². The van der Waals surface area contributed by atoms with E-state index in [9.17, 15) is 4.39 Å². The van der Waals surface area contributed by atoms with Crippen LogP contribution in [0.2, 0.25) is 0 Å². The predicted molar refractivity (Wildman–Crippen MR) is 142 cm³/mol. The zero-order valence-corrected chi connectivity index (χ0v) is 20.5. The third-order valence-electron chi connectivity index (χ3n) is 7.00. The number of nitrogens with zero attached hydrogens (tertiary/aromatic N) is 1. The minimum absolute atomic E-state index is 0.223. The summed E-state index contributed by atoms with van der Waals surface area (Å²) in [5, 5.41) is 4.78. The molecule has 5 heteroatoms. The number of aromatic nitrogens is 1. The summed E-state index contributed by atoms with van der Waals surface area (Å²) in [6, 6.07) is 26.1. The molecule has 186 valence electrons. The van der Waals surface area contributed by atoms with Gasteiger partial charge in [0, 0.05) is 23.6 Å². The minimum Gasteiger partial charge on any atom is -0.494 e. The number of pyridine rings is 1. The van der Waals surface area contributed by atoms with Crippen LogP contribution in [0, 0.1) is 11.7 Å². The number of fused-ring (bicyclic) bond motifs is 1. The SMILES string of the molecule is Fc1ccccc1COCCCOc1ccc(C2CCNCC2Cc2ccc3cccnc3c2)cc1. The molecule has 4 nitrogen and oxygen atoms in total. The van der Waals surface area contributed by atoms with E-state index >= 15 is 0 Å². The summed E-state index contributed by atoms with van der Waals surface area (Å²) < 4.78 is 25.1. The van der Waals surface area contributed by atoms with Gasteiger partial charge in [0.15, 0.2) is 0 Å². The van der Waals surface area contributed by atoms with Crippen molar-refractivity contribution in [2.45, 2.75) is 31.8 Å². The Kier molecular flexibility index (Phi) is 8.21. The molecular formula is C31H33FN2O2. The maximum absolute atomic E-state index is 13.6. The van der Waals surface area contributed by atoms with Crippen LogP contribution in [-0.4, -0.2) is 31.3 Å². The van der Waals surface area contributed by atoms with Crippen molar-refractivity contribution >= 4 is 10.9 Å². The Morgan fingerprint density at radius 3 is 2.72 bits per heavy atom. The molecule has 1 aliphatic rings. The number of benzene rings is 3. The van der Waals surface area contributed by atoms with Gasteiger partial charge in [-0.1, -0.05) is 48.5 Å². The average molecular weight is 485 g/mol. The first-order valence-corrected chi connectivity index (χ1v) is 12.8. The van der Waals surface area contributed by atoms with E-state index in [1.54, 1.807) is 12.1 Å². The molecule has 4 aromatic rings. The van der Waals surface area contributed by atoms with Crippen LogP contribution in [0.5, 0.6) is 5.75 Å². The van der Waals surface area contributed by atoms with Crippen molar-refractivity contribution in [1.82, 2.24) is 10.3 Å². The zero-order chi connectivity index (χ0) is 24.6. The van der Waals surface area contributed by atoms with Crippen molar-refractivity contribution in [2.75, 3.05) is 26.3 Å². The third-order valence-corrected chi connectivity index (χ3v) is 7.00. The third kappa shape index (κ3) is 6.28. The zero-order valence-electron chi connectivity index (χ0n) is 20.5. The molecular weight excluding hydrogens is 451 g/mol. The highest BCUT2D eigenvalue weighted by Crippen LogP contribution is 2.34. The highest BCUT2D eigenvalue weighted by Gasteiger charge is 2.26. The number of halogens is 1. The van der Waals surface area contributed by atoms with E-state index in [-0.39, 0.29) is 12.4 Å². The van der Waals surface area contributed by atoms with Gasteiger partial charge in [0.2, 0.25) is 0 Å². The molecule has 2 atom stereocenters. The monoisotopic (exact) mass is 484 g/mol. The average Bonchev–Trinajstić information content (AvgIpc) is 2.92. The fourth-order valence-electron chi connectivity index (χ4n) is 5.08. The molecule has 0 bridgehead atoms. The van der Waals surface area contributed by atoms with E-state index in [2.05, 4.69) is 58.8 Å². The molecule has 5 rings (SSSR count). The van der Waals surface area contributed by atoms with Crippen LogP contribution >= 0.6 is 0 Å². The highest BCUT2D eigenvalue weighted by atomic mass is 19.1. The number of rotatable bonds is 10. The van der Waals surface area contributed by atoms with Crippen molar-refractivity contribution in [3.63, 3.8) is 0 Å². The molecule has 1 N–H and O–H groups in total. The summed E-state index contributed by atoms with van der Waals surface area (Å²) >= 11 is 0. The molecule has 3 aromatic carbocycles. The Hall–Kier alpha value is -3.28. The Morgan fingerprint density at radius 2 is 1.83 bits per heavy atom. The van der Waals surface area contributed by atoms with Crippen LogP contribution in [0.1, 0.15) is 35.4 Å². The second-order valence-corrected chi connectivity index (χ2v) is 9.51. The van der Waals surface area contributed by atoms with Crippen LogP contribution in [0.3, 0.4) is 0 Å². The Bertz CT molecular complexity index is 1260. The Labute approximate surface area is 212 Å². The molecule has 1 fully saturated rings. The van der Waals surface area contributed by atoms with Gasteiger partial charge in [0.25, 0.3) is 0 Å². The fourth-order valence-corrected chi connectivity index (χ4v) is 5.08. The first-order chi connectivity index (χ1) is 17.8. The molecule has 0 radical (unpaired) electrons. The van der Waals surface area contributed by atoms with E-state index in [4.69, 9.17) is 9.47 Å². The number of piperidine rings is 1. The standard InChI is InChI=1S/C31H33FN2O2/c32-30-7-2-1-5-26(30)22-35-17-4-18-36-28-12-10-24(11-13-28)29-14-16-33-21-27(29)19-23-8-9-25-6-3-15-34-31(25)20-23/h1-3,5-13,15,20,27,29,33H,4,14,16-19,21-22H2. The lowest BCUT2D eigenvalue weighted by molar-refractivity contribution is 0.105. The lowest BCUT2D eigenvalue weighted by Crippen LogP contribution is -2.36. The molecule has 0 saturated carbocycles. The lowest BCUT2D eigenvalue weighted by Gasteiger charge is -2.33. The van der Waals surface area contributed by atoms with Gasteiger partial charge in [-0.3, -0.25) is 4.98 Å². The summed E-state index contributed by atoms with van der Waals surface area (Å²) in [6.45, 7) is 3.46. The maximum atomic E-state index is 13.6. The van der Waals surface area contributed by atoms with E-state index in [0.717, 1.165) is 43.6 Å². The van der Waals surface area contributed by atoms with Crippen LogP contribution in [0.4, 0.5) is 4.39 Å². The van der Waals surface area contributed by atoms with Crippen LogP contribution < -0.4 is 10.1 Å². The van der Waals surface area contributed by atoms with Crippen LogP contribution in [0.25, 0.3) is 10.9 Å². The quantitative estimate of drug-likeness (QED) is 0.269. The van der Waals surface area contributed by atoms with Crippen molar-refractivity contribution in [3.8, 4) is 5.75 Å². The van der Waals surface area contributed by atoms with Gasteiger partial charge in [-0.15, -0.1) is 0 Å². The van der Waals surface area contributed by atoms with Crippen molar-refractivity contribution in [2.24, 2.45) is 5.92 Å². The molecule has 0 aliphatic carbocycles. The fraction of sp³-hybridized carbons (Fsp3) is 0.323. The molecule has 1 saturated heterocycles. The molecule has 2 unspecified atom stereocenters. The van der Waals surface area contributed by atoms with Crippen molar-refractivity contribution < 1.29 is 13.9 Å². The summed E-state index contributed by atoms with van der Waals surface area (Å²) in [7, 11) is 0. The molecule has 2 heterocycles. The van der Waals surface area contributed by atoms with Crippen molar-refractivity contribution in [1.29, 1.82) is 0 Å². The van der Waals surface area contributed by atoms with E-state index in [1.165, 1.54) is 22.6 Å². The van der Waals surface area contributed by atoms with Gasteiger partial charge in [-0.25, -0.2) is 4.39 Å². The van der Waals surface area contributed by atoms with E-state index < -0.39 is 0 Å². The number of ether oxygens (including phenoxy) is 2. The smallest absolute Gasteiger partial charge is 0.128 e. The molecule has 1 aromatic heterocycles. The van der Waals surface area contributed by atoms with Gasteiger partial charge in [0.05, 0.1) is 25.3 Å². The molecule has 0 spiro atoms. The highest BCUT2D eigenvalue weighted by molar-refractivity contribution is 5.78. The van der Waals surface area contributed by atoms with Crippen LogP contribution in [-0.2, 0) is 17.8 Å². The van der Waals surface area contributed by atoms with Gasteiger partial charge in [0.1, 0.15) is 11.6 Å². The maximum Gasteiger partial charge on any atom is 0.128 e. The van der Waals surface area contributed by atoms with Gasteiger partial charge in [-0.2, -0.15) is 0 Å². The van der Waals surface area contributed by atoms with E-state index in [0.29, 0.717) is 30.6 Å². The minimum atomic E-state index is -0.223. The summed E-state index contributed by atoms with van der Waals surface area (Å²) in [6.07, 6.45) is 4.79. The number of hydrogen-bond donors (Lipinski definition) is 1. The topological polar surface area (TPSA) is 43.4 Å². The normalized spacial score (nSPS) is 17.8. The number of hydrogen-bond acceptors (Lipinski definition) is 4. The first kappa shape index (κ1) is 24.4.